The van der Waals surface area contributed by atoms with Gasteiger partial charge in [0.05, 0.1) is 10.5 Å². The Bertz CT molecular complexity index is 578. The number of likely N-dealkylation sites (tertiary alicyclic amines) is 1. The third kappa shape index (κ3) is 3.57. The van der Waals surface area contributed by atoms with E-state index in [1.54, 1.807) is 18.6 Å². The molecule has 0 amide bonds. The Hall–Kier alpha value is -1.53. The number of ether oxygens (including phenoxy) is 1. The molecule has 3 rings (SSSR count). The van der Waals surface area contributed by atoms with Crippen LogP contribution in [0.2, 0.25) is 0 Å². The maximum Gasteiger partial charge on any atom is 0.213 e. The van der Waals surface area contributed by atoms with Gasteiger partial charge in [0.25, 0.3) is 0 Å². The quantitative estimate of drug-likeness (QED) is 0.850. The van der Waals surface area contributed by atoms with Gasteiger partial charge in [-0.3, -0.25) is 4.90 Å². The van der Waals surface area contributed by atoms with E-state index in [1.165, 1.54) is 0 Å². The van der Waals surface area contributed by atoms with Gasteiger partial charge in [-0.05, 0) is 35.3 Å². The predicted molar refractivity (Wildman–Crippen MR) is 83.0 cm³/mol. The third-order valence-corrected chi connectivity index (χ3v) is 4.07. The van der Waals surface area contributed by atoms with E-state index in [1.807, 2.05) is 18.2 Å². The van der Waals surface area contributed by atoms with E-state index < -0.39 is 0 Å². The monoisotopic (exact) mass is 348 g/mol. The van der Waals surface area contributed by atoms with Gasteiger partial charge in [-0.15, -0.1) is 0 Å². The first-order valence-corrected chi connectivity index (χ1v) is 7.81. The minimum atomic E-state index is 0.179. The summed E-state index contributed by atoms with van der Waals surface area (Å²) in [4.78, 5) is 15.3. The molecule has 5 nitrogen and oxygen atoms in total. The van der Waals surface area contributed by atoms with Crippen LogP contribution in [0.3, 0.4) is 0 Å². The van der Waals surface area contributed by atoms with Gasteiger partial charge < -0.3 is 4.74 Å². The highest BCUT2D eigenvalue weighted by molar-refractivity contribution is 9.10. The zero-order valence-corrected chi connectivity index (χ0v) is 13.4. The predicted octanol–water partition coefficient (Wildman–Crippen LogP) is 2.85. The molecule has 3 heterocycles. The van der Waals surface area contributed by atoms with E-state index in [4.69, 9.17) is 4.74 Å². The lowest BCUT2D eigenvalue weighted by Crippen LogP contribution is -2.28. The summed E-state index contributed by atoms with van der Waals surface area (Å²) in [6.45, 7) is 3.99. The number of halogens is 1. The lowest BCUT2D eigenvalue weighted by atomic mass is 10.3. The Morgan fingerprint density at radius 3 is 2.81 bits per heavy atom. The van der Waals surface area contributed by atoms with Crippen LogP contribution in [-0.4, -0.2) is 39.0 Å². The van der Waals surface area contributed by atoms with Crippen molar-refractivity contribution >= 4 is 15.9 Å². The molecule has 0 aromatic carbocycles. The van der Waals surface area contributed by atoms with E-state index in [2.05, 4.69) is 42.7 Å². The van der Waals surface area contributed by atoms with E-state index in [0.29, 0.717) is 5.88 Å². The van der Waals surface area contributed by atoms with Crippen LogP contribution >= 0.6 is 15.9 Å². The third-order valence-electron chi connectivity index (χ3n) is 3.66. The van der Waals surface area contributed by atoms with Crippen molar-refractivity contribution in [2.75, 3.05) is 13.1 Å². The normalized spacial score (nSPS) is 20.4. The number of aromatic nitrogens is 3. The molecule has 1 aliphatic rings. The number of hydrogen-bond acceptors (Lipinski definition) is 5. The van der Waals surface area contributed by atoms with Gasteiger partial charge in [0.2, 0.25) is 5.88 Å². The van der Waals surface area contributed by atoms with Crippen LogP contribution in [0.4, 0.5) is 0 Å². The fourth-order valence-electron chi connectivity index (χ4n) is 2.49. The van der Waals surface area contributed by atoms with Gasteiger partial charge in [-0.1, -0.05) is 6.07 Å². The molecule has 0 aliphatic carbocycles. The average Bonchev–Trinajstić information content (AvgIpc) is 2.97. The Kier molecular flexibility index (Phi) is 4.45. The summed E-state index contributed by atoms with van der Waals surface area (Å²) in [5.41, 5.74) is 0. The van der Waals surface area contributed by atoms with E-state index in [9.17, 15) is 0 Å². The molecule has 0 N–H and O–H groups in total. The second-order valence-corrected chi connectivity index (χ2v) is 6.04. The SMILES string of the molecule is CC(c1ncc(Br)cn1)N1CCC(Oc2ccccn2)C1. The van der Waals surface area contributed by atoms with E-state index in [-0.39, 0.29) is 12.1 Å². The second-order valence-electron chi connectivity index (χ2n) is 5.13. The van der Waals surface area contributed by atoms with Gasteiger partial charge in [0.1, 0.15) is 11.9 Å². The zero-order chi connectivity index (χ0) is 14.7. The van der Waals surface area contributed by atoms with Gasteiger partial charge in [-0.2, -0.15) is 0 Å². The maximum absolute atomic E-state index is 5.91. The molecular weight excluding hydrogens is 332 g/mol. The van der Waals surface area contributed by atoms with Crippen molar-refractivity contribution in [1.82, 2.24) is 19.9 Å². The Morgan fingerprint density at radius 2 is 2.10 bits per heavy atom. The molecule has 0 bridgehead atoms. The molecule has 2 aromatic heterocycles. The smallest absolute Gasteiger partial charge is 0.213 e. The van der Waals surface area contributed by atoms with Crippen LogP contribution in [-0.2, 0) is 0 Å². The highest BCUT2D eigenvalue weighted by Gasteiger charge is 2.29. The molecule has 2 unspecified atom stereocenters. The number of pyridine rings is 1. The van der Waals surface area contributed by atoms with Crippen molar-refractivity contribution in [1.29, 1.82) is 0 Å². The highest BCUT2D eigenvalue weighted by Crippen LogP contribution is 2.24. The molecule has 6 heteroatoms. The molecule has 0 saturated carbocycles. The summed E-state index contributed by atoms with van der Waals surface area (Å²) in [5.74, 6) is 1.54. The molecule has 1 fully saturated rings. The first-order chi connectivity index (χ1) is 10.2. The van der Waals surface area contributed by atoms with Gasteiger partial charge in [0, 0.05) is 37.7 Å². The number of nitrogens with zero attached hydrogens (tertiary/aromatic N) is 4. The van der Waals surface area contributed by atoms with Crippen molar-refractivity contribution < 1.29 is 4.74 Å². The van der Waals surface area contributed by atoms with Crippen molar-refractivity contribution in [2.24, 2.45) is 0 Å². The fourth-order valence-corrected chi connectivity index (χ4v) is 2.70. The summed E-state index contributed by atoms with van der Waals surface area (Å²) in [6.07, 6.45) is 6.50. The summed E-state index contributed by atoms with van der Waals surface area (Å²) in [5, 5.41) is 0. The zero-order valence-electron chi connectivity index (χ0n) is 11.8. The largest absolute Gasteiger partial charge is 0.473 e. The Morgan fingerprint density at radius 1 is 1.29 bits per heavy atom. The maximum atomic E-state index is 5.91. The summed E-state index contributed by atoms with van der Waals surface area (Å²) in [6, 6.07) is 5.91. The lowest BCUT2D eigenvalue weighted by molar-refractivity contribution is 0.175. The molecule has 0 radical (unpaired) electrons. The Labute approximate surface area is 132 Å². The minimum absolute atomic E-state index is 0.179. The van der Waals surface area contributed by atoms with Gasteiger partial charge in [-0.25, -0.2) is 15.0 Å². The molecule has 2 atom stereocenters. The standard InChI is InChI=1S/C15H17BrN4O/c1-11(15-18-8-12(16)9-19-15)20-7-5-13(10-20)21-14-4-2-3-6-17-14/h2-4,6,8-9,11,13H,5,7,10H2,1H3. The summed E-state index contributed by atoms with van der Waals surface area (Å²) in [7, 11) is 0. The van der Waals surface area contributed by atoms with Crippen molar-refractivity contribution in [3.8, 4) is 5.88 Å². The van der Waals surface area contributed by atoms with Crippen LogP contribution in [0, 0.1) is 0 Å². The molecule has 2 aromatic rings. The molecular formula is C15H17BrN4O. The van der Waals surface area contributed by atoms with Crippen molar-refractivity contribution in [3.63, 3.8) is 0 Å². The molecule has 110 valence electrons. The summed E-state index contributed by atoms with van der Waals surface area (Å²) >= 11 is 3.36. The molecule has 1 saturated heterocycles. The lowest BCUT2D eigenvalue weighted by Gasteiger charge is -2.22. The minimum Gasteiger partial charge on any atom is -0.473 e. The molecule has 21 heavy (non-hydrogen) atoms. The van der Waals surface area contributed by atoms with Crippen molar-refractivity contribution in [3.05, 3.63) is 47.1 Å². The first kappa shape index (κ1) is 14.4. The topological polar surface area (TPSA) is 51.1 Å². The van der Waals surface area contributed by atoms with Gasteiger partial charge in [0.15, 0.2) is 0 Å². The van der Waals surface area contributed by atoms with Crippen LogP contribution in [0.5, 0.6) is 5.88 Å². The van der Waals surface area contributed by atoms with E-state index in [0.717, 1.165) is 29.8 Å². The Balaban J connectivity index is 1.60. The average molecular weight is 349 g/mol. The fraction of sp³-hybridized carbons (Fsp3) is 0.400. The molecule has 1 aliphatic heterocycles. The highest BCUT2D eigenvalue weighted by atomic mass is 79.9. The van der Waals surface area contributed by atoms with Crippen LogP contribution < -0.4 is 4.74 Å². The molecule has 0 spiro atoms. The first-order valence-electron chi connectivity index (χ1n) is 7.01. The van der Waals surface area contributed by atoms with Crippen LogP contribution in [0.25, 0.3) is 0 Å². The number of hydrogen-bond donors (Lipinski definition) is 0. The van der Waals surface area contributed by atoms with Gasteiger partial charge >= 0.3 is 0 Å². The number of rotatable bonds is 4. The van der Waals surface area contributed by atoms with E-state index >= 15 is 0 Å². The van der Waals surface area contributed by atoms with Crippen LogP contribution in [0.1, 0.15) is 25.2 Å². The second kappa shape index (κ2) is 6.49. The summed E-state index contributed by atoms with van der Waals surface area (Å²) < 4.78 is 6.81. The van der Waals surface area contributed by atoms with Crippen molar-refractivity contribution in [2.45, 2.75) is 25.5 Å². The van der Waals surface area contributed by atoms with Crippen LogP contribution in [0.15, 0.2) is 41.3 Å².